The molecule has 3 heterocycles. The van der Waals surface area contributed by atoms with E-state index in [1.54, 1.807) is 24.5 Å². The molecule has 0 amide bonds. The highest BCUT2D eigenvalue weighted by Crippen LogP contribution is 2.32. The number of anilines is 1. The molecule has 0 saturated carbocycles. The second kappa shape index (κ2) is 6.30. The second-order valence-electron chi connectivity index (χ2n) is 6.51. The van der Waals surface area contributed by atoms with Crippen molar-refractivity contribution in [3.8, 4) is 5.75 Å². The van der Waals surface area contributed by atoms with Crippen molar-refractivity contribution < 1.29 is 13.5 Å². The number of piperidine rings is 1. The highest BCUT2D eigenvalue weighted by atomic mass is 32.2. The van der Waals surface area contributed by atoms with Gasteiger partial charge in [0.1, 0.15) is 11.3 Å². The molecular weight excluding hydrogens is 352 g/mol. The average Bonchev–Trinajstić information content (AvgIpc) is 3.03. The van der Waals surface area contributed by atoms with E-state index < -0.39 is 10.0 Å². The van der Waals surface area contributed by atoms with Gasteiger partial charge in [-0.25, -0.2) is 12.4 Å². The molecule has 8 heteroatoms. The first-order valence-electron chi connectivity index (χ1n) is 8.48. The summed E-state index contributed by atoms with van der Waals surface area (Å²) in [6.45, 7) is 1.53. The maximum Gasteiger partial charge on any atom is 0.268 e. The molecule has 2 aromatic heterocycles. The second-order valence-corrected chi connectivity index (χ2v) is 8.32. The van der Waals surface area contributed by atoms with Crippen LogP contribution in [0.1, 0.15) is 12.8 Å². The monoisotopic (exact) mass is 372 g/mol. The van der Waals surface area contributed by atoms with E-state index in [9.17, 15) is 13.5 Å². The van der Waals surface area contributed by atoms with Crippen LogP contribution in [0.5, 0.6) is 5.75 Å². The lowest BCUT2D eigenvalue weighted by molar-refractivity contribution is 0.473. The van der Waals surface area contributed by atoms with E-state index in [1.165, 1.54) is 28.2 Å². The van der Waals surface area contributed by atoms with Gasteiger partial charge in [-0.05, 0) is 37.1 Å². The first-order chi connectivity index (χ1) is 12.5. The smallest absolute Gasteiger partial charge is 0.268 e. The van der Waals surface area contributed by atoms with Gasteiger partial charge in [0, 0.05) is 37.6 Å². The van der Waals surface area contributed by atoms with Crippen LogP contribution in [0, 0.1) is 0 Å². The van der Waals surface area contributed by atoms with Crippen LogP contribution in [0.2, 0.25) is 0 Å². The van der Waals surface area contributed by atoms with Gasteiger partial charge in [0.05, 0.1) is 16.1 Å². The molecule has 26 heavy (non-hydrogen) atoms. The number of hydrogen-bond acceptors (Lipinski definition) is 6. The first kappa shape index (κ1) is 16.9. The van der Waals surface area contributed by atoms with Crippen molar-refractivity contribution >= 4 is 26.7 Å². The highest BCUT2D eigenvalue weighted by molar-refractivity contribution is 7.90. The number of phenols is 1. The fourth-order valence-electron chi connectivity index (χ4n) is 3.34. The Morgan fingerprint density at radius 3 is 2.65 bits per heavy atom. The predicted molar refractivity (Wildman–Crippen MR) is 99.8 cm³/mol. The third-order valence-corrected chi connectivity index (χ3v) is 6.43. The number of pyridine rings is 1. The number of aromatic hydroxyl groups is 1. The van der Waals surface area contributed by atoms with E-state index in [-0.39, 0.29) is 16.7 Å². The molecule has 0 aliphatic carbocycles. The largest absolute Gasteiger partial charge is 0.508 e. The maximum atomic E-state index is 13.1. The predicted octanol–water partition coefficient (Wildman–Crippen LogP) is 1.91. The maximum absolute atomic E-state index is 13.1. The minimum Gasteiger partial charge on any atom is -0.508 e. The molecule has 3 aromatic rings. The van der Waals surface area contributed by atoms with Crippen molar-refractivity contribution in [1.29, 1.82) is 0 Å². The van der Waals surface area contributed by atoms with E-state index in [4.69, 9.17) is 5.73 Å². The number of nitrogens with two attached hydrogens (primary N) is 1. The van der Waals surface area contributed by atoms with E-state index in [0.29, 0.717) is 11.0 Å². The van der Waals surface area contributed by atoms with Gasteiger partial charge in [0.2, 0.25) is 0 Å². The fourth-order valence-corrected chi connectivity index (χ4v) is 4.73. The Morgan fingerprint density at radius 2 is 1.92 bits per heavy atom. The molecular formula is C18H20N4O3S. The average molecular weight is 372 g/mol. The number of hydrogen-bond donors (Lipinski definition) is 2. The summed E-state index contributed by atoms with van der Waals surface area (Å²) in [5, 5.41) is 9.66. The van der Waals surface area contributed by atoms with Gasteiger partial charge in [-0.2, -0.15) is 0 Å². The van der Waals surface area contributed by atoms with Gasteiger partial charge in [-0.3, -0.25) is 4.98 Å². The number of benzene rings is 1. The lowest BCUT2D eigenvalue weighted by Gasteiger charge is -2.31. The number of aromatic nitrogens is 2. The molecule has 136 valence electrons. The van der Waals surface area contributed by atoms with Gasteiger partial charge in [-0.15, -0.1) is 0 Å². The molecule has 1 fully saturated rings. The Kier molecular flexibility index (Phi) is 4.08. The van der Waals surface area contributed by atoms with E-state index in [2.05, 4.69) is 9.88 Å². The molecule has 0 atom stereocenters. The lowest BCUT2D eigenvalue weighted by Crippen LogP contribution is -2.39. The Morgan fingerprint density at radius 1 is 1.15 bits per heavy atom. The molecule has 4 rings (SSSR count). The van der Waals surface area contributed by atoms with Crippen molar-refractivity contribution in [2.24, 2.45) is 5.73 Å². The van der Waals surface area contributed by atoms with Crippen molar-refractivity contribution in [2.45, 2.75) is 23.8 Å². The molecule has 0 bridgehead atoms. The standard InChI is InChI=1S/C18H20N4O3S/c19-13-6-9-21(10-7-13)17-12-22(16-5-2-8-20-18(16)17)26(24,25)15-4-1-3-14(23)11-15/h1-5,8,11-13,23H,6-7,9-10,19H2. The van der Waals surface area contributed by atoms with Crippen LogP contribution >= 0.6 is 0 Å². The summed E-state index contributed by atoms with van der Waals surface area (Å²) >= 11 is 0. The molecule has 0 radical (unpaired) electrons. The van der Waals surface area contributed by atoms with Crippen LogP contribution in [-0.2, 0) is 10.0 Å². The van der Waals surface area contributed by atoms with Crippen LogP contribution in [0.3, 0.4) is 0 Å². The minimum absolute atomic E-state index is 0.0328. The fraction of sp³-hybridized carbons (Fsp3) is 0.278. The number of fused-ring (bicyclic) bond motifs is 1. The Hall–Kier alpha value is -2.58. The zero-order valence-electron chi connectivity index (χ0n) is 14.1. The lowest BCUT2D eigenvalue weighted by atomic mass is 10.1. The SMILES string of the molecule is NC1CCN(c2cn(S(=O)(=O)c3cccc(O)c3)c3cccnc23)CC1. The quantitative estimate of drug-likeness (QED) is 0.728. The van der Waals surface area contributed by atoms with Gasteiger partial charge < -0.3 is 15.7 Å². The summed E-state index contributed by atoms with van der Waals surface area (Å²) in [5.74, 6) is -0.0918. The number of rotatable bonds is 3. The molecule has 7 nitrogen and oxygen atoms in total. The van der Waals surface area contributed by atoms with Crippen molar-refractivity contribution in [3.05, 3.63) is 48.8 Å². The molecule has 1 saturated heterocycles. The van der Waals surface area contributed by atoms with Crippen LogP contribution in [-0.4, -0.2) is 41.6 Å². The van der Waals surface area contributed by atoms with Crippen LogP contribution in [0.4, 0.5) is 5.69 Å². The normalized spacial score (nSPS) is 16.3. The van der Waals surface area contributed by atoms with Crippen molar-refractivity contribution in [3.63, 3.8) is 0 Å². The van der Waals surface area contributed by atoms with Crippen molar-refractivity contribution in [1.82, 2.24) is 8.96 Å². The van der Waals surface area contributed by atoms with Crippen molar-refractivity contribution in [2.75, 3.05) is 18.0 Å². The van der Waals surface area contributed by atoms with Crippen LogP contribution < -0.4 is 10.6 Å². The van der Waals surface area contributed by atoms with E-state index in [0.717, 1.165) is 31.6 Å². The van der Waals surface area contributed by atoms with Gasteiger partial charge in [0.25, 0.3) is 10.0 Å². The molecule has 1 aliphatic rings. The number of phenolic OH excluding ortho intramolecular Hbond substituents is 1. The van der Waals surface area contributed by atoms with E-state index >= 15 is 0 Å². The topological polar surface area (TPSA) is 101 Å². The van der Waals surface area contributed by atoms with Gasteiger partial charge in [0.15, 0.2) is 0 Å². The first-order valence-corrected chi connectivity index (χ1v) is 9.92. The zero-order chi connectivity index (χ0) is 18.3. The Balaban J connectivity index is 1.86. The summed E-state index contributed by atoms with van der Waals surface area (Å²) in [4.78, 5) is 6.58. The summed E-state index contributed by atoms with van der Waals surface area (Å²) in [5.41, 5.74) is 7.93. The van der Waals surface area contributed by atoms with Gasteiger partial charge >= 0.3 is 0 Å². The molecule has 3 N–H and O–H groups in total. The van der Waals surface area contributed by atoms with E-state index in [1.807, 2.05) is 0 Å². The third-order valence-electron chi connectivity index (χ3n) is 4.76. The molecule has 1 aromatic carbocycles. The molecule has 1 aliphatic heterocycles. The van der Waals surface area contributed by atoms with Crippen LogP contribution in [0.15, 0.2) is 53.7 Å². The Labute approximate surface area is 151 Å². The summed E-state index contributed by atoms with van der Waals surface area (Å²) in [6.07, 6.45) is 5.00. The zero-order valence-corrected chi connectivity index (χ0v) is 14.9. The van der Waals surface area contributed by atoms with Gasteiger partial charge in [-0.1, -0.05) is 6.07 Å². The molecule has 0 unspecified atom stereocenters. The highest BCUT2D eigenvalue weighted by Gasteiger charge is 2.26. The van der Waals surface area contributed by atoms with Crippen LogP contribution in [0.25, 0.3) is 11.0 Å². The molecule has 0 spiro atoms. The number of nitrogens with zero attached hydrogens (tertiary/aromatic N) is 3. The summed E-state index contributed by atoms with van der Waals surface area (Å²) in [6, 6.07) is 9.31. The summed E-state index contributed by atoms with van der Waals surface area (Å²) < 4.78 is 27.5. The minimum atomic E-state index is -3.85. The summed E-state index contributed by atoms with van der Waals surface area (Å²) in [7, 11) is -3.85. The Bertz CT molecular complexity index is 1050. The third kappa shape index (κ3) is 2.81.